The molecule has 6 nitrogen and oxygen atoms in total. The van der Waals surface area contributed by atoms with Crippen LogP contribution in [0.25, 0.3) is 0 Å². The highest BCUT2D eigenvalue weighted by atomic mass is 32.2. The molecule has 32 heavy (non-hydrogen) atoms. The van der Waals surface area contributed by atoms with E-state index in [9.17, 15) is 22.0 Å². The van der Waals surface area contributed by atoms with Crippen LogP contribution in [0, 0.1) is 11.6 Å². The van der Waals surface area contributed by atoms with Crippen LogP contribution in [-0.4, -0.2) is 27.7 Å². The first-order valence-electron chi connectivity index (χ1n) is 9.60. The Bertz CT molecular complexity index is 1200. The second kappa shape index (κ2) is 9.78. The molecule has 0 heterocycles. The molecule has 0 aliphatic heterocycles. The normalized spacial score (nSPS) is 11.1. The number of carbonyl (C=O) groups is 1. The van der Waals surface area contributed by atoms with Crippen LogP contribution >= 0.6 is 0 Å². The highest BCUT2D eigenvalue weighted by molar-refractivity contribution is 7.92. The molecule has 3 aromatic carbocycles. The fourth-order valence-electron chi connectivity index (χ4n) is 3.09. The van der Waals surface area contributed by atoms with Gasteiger partial charge < -0.3 is 10.1 Å². The third kappa shape index (κ3) is 5.82. The Labute approximate surface area is 185 Å². The molecule has 3 aromatic rings. The number of halogens is 2. The van der Waals surface area contributed by atoms with Crippen LogP contribution in [0.1, 0.15) is 21.5 Å². The van der Waals surface area contributed by atoms with Crippen LogP contribution in [0.4, 0.5) is 14.5 Å². The minimum absolute atomic E-state index is 0.118. The van der Waals surface area contributed by atoms with Crippen LogP contribution in [0.15, 0.2) is 66.7 Å². The van der Waals surface area contributed by atoms with E-state index < -0.39 is 15.8 Å². The molecule has 0 radical (unpaired) electrons. The number of carbonyl (C=O) groups excluding carboxylic acids is 1. The number of methoxy groups -OCH3 is 1. The van der Waals surface area contributed by atoms with Gasteiger partial charge in [0.05, 0.1) is 25.6 Å². The summed E-state index contributed by atoms with van der Waals surface area (Å²) >= 11 is 0. The van der Waals surface area contributed by atoms with E-state index in [1.54, 1.807) is 30.3 Å². The Morgan fingerprint density at radius 3 is 2.12 bits per heavy atom. The zero-order valence-corrected chi connectivity index (χ0v) is 18.3. The first-order chi connectivity index (χ1) is 15.2. The van der Waals surface area contributed by atoms with Gasteiger partial charge >= 0.3 is 0 Å². The molecule has 1 N–H and O–H groups in total. The van der Waals surface area contributed by atoms with Crippen LogP contribution in [0.2, 0.25) is 0 Å². The molecule has 0 aliphatic rings. The molecule has 0 fully saturated rings. The molecule has 0 atom stereocenters. The van der Waals surface area contributed by atoms with Crippen molar-refractivity contribution in [3.05, 3.63) is 95.1 Å². The summed E-state index contributed by atoms with van der Waals surface area (Å²) in [6, 6.07) is 15.5. The molecular formula is C23H22F2N2O4S. The maximum absolute atomic E-state index is 13.3. The Balaban J connectivity index is 1.85. The fourth-order valence-corrected chi connectivity index (χ4v) is 3.97. The number of rotatable bonds is 8. The number of amides is 1. The number of anilines is 1. The Kier molecular flexibility index (Phi) is 7.09. The van der Waals surface area contributed by atoms with E-state index in [-0.39, 0.29) is 30.5 Å². The standard InChI is InChI=1S/C23H22F2N2O4S/c1-31-22-12-5-17(23(28)26-14-16-3-6-19(24)7-4-16)13-18(22)15-27(32(2,29)30)21-10-8-20(25)9-11-21/h3-13H,14-15H2,1-2H3,(H,26,28). The minimum Gasteiger partial charge on any atom is -0.496 e. The van der Waals surface area contributed by atoms with Gasteiger partial charge in [-0.05, 0) is 60.2 Å². The van der Waals surface area contributed by atoms with Crippen molar-refractivity contribution in [2.45, 2.75) is 13.1 Å². The van der Waals surface area contributed by atoms with Crippen molar-refractivity contribution in [3.8, 4) is 5.75 Å². The molecule has 0 aliphatic carbocycles. The van der Waals surface area contributed by atoms with Gasteiger partial charge in [0.25, 0.3) is 5.91 Å². The SMILES string of the molecule is COc1ccc(C(=O)NCc2ccc(F)cc2)cc1CN(c1ccc(F)cc1)S(C)(=O)=O. The van der Waals surface area contributed by atoms with E-state index in [4.69, 9.17) is 4.74 Å². The Hall–Kier alpha value is -3.46. The zero-order valence-electron chi connectivity index (χ0n) is 17.5. The number of nitrogens with zero attached hydrogens (tertiary/aromatic N) is 1. The number of hydrogen-bond acceptors (Lipinski definition) is 4. The third-order valence-corrected chi connectivity index (χ3v) is 5.88. The van der Waals surface area contributed by atoms with Crippen molar-refractivity contribution in [2.24, 2.45) is 0 Å². The monoisotopic (exact) mass is 460 g/mol. The lowest BCUT2D eigenvalue weighted by Crippen LogP contribution is -2.30. The summed E-state index contributed by atoms with van der Waals surface area (Å²) in [5.41, 5.74) is 1.77. The van der Waals surface area contributed by atoms with E-state index in [2.05, 4.69) is 5.32 Å². The maximum Gasteiger partial charge on any atom is 0.251 e. The van der Waals surface area contributed by atoms with Crippen molar-refractivity contribution in [1.29, 1.82) is 0 Å². The number of nitrogens with one attached hydrogen (secondary N) is 1. The Morgan fingerprint density at radius 1 is 0.969 bits per heavy atom. The van der Waals surface area contributed by atoms with Crippen molar-refractivity contribution in [3.63, 3.8) is 0 Å². The lowest BCUT2D eigenvalue weighted by molar-refractivity contribution is 0.0950. The van der Waals surface area contributed by atoms with Gasteiger partial charge in [-0.2, -0.15) is 0 Å². The summed E-state index contributed by atoms with van der Waals surface area (Å²) < 4.78 is 57.6. The third-order valence-electron chi connectivity index (χ3n) is 4.74. The average molecular weight is 461 g/mol. The number of sulfonamides is 1. The molecular weight excluding hydrogens is 438 g/mol. The van der Waals surface area contributed by atoms with E-state index in [1.165, 1.54) is 43.5 Å². The van der Waals surface area contributed by atoms with Crippen molar-refractivity contribution in [2.75, 3.05) is 17.7 Å². The second-order valence-corrected chi connectivity index (χ2v) is 8.99. The topological polar surface area (TPSA) is 75.7 Å². The average Bonchev–Trinajstić information content (AvgIpc) is 2.76. The van der Waals surface area contributed by atoms with E-state index in [0.717, 1.165) is 16.1 Å². The van der Waals surface area contributed by atoms with Gasteiger partial charge in [-0.15, -0.1) is 0 Å². The van der Waals surface area contributed by atoms with Crippen LogP contribution in [-0.2, 0) is 23.1 Å². The van der Waals surface area contributed by atoms with Crippen LogP contribution in [0.3, 0.4) is 0 Å². The summed E-state index contributed by atoms with van der Waals surface area (Å²) in [7, 11) is -2.27. The maximum atomic E-state index is 13.3. The summed E-state index contributed by atoms with van der Waals surface area (Å²) in [5, 5.41) is 2.75. The Morgan fingerprint density at radius 2 is 1.56 bits per heavy atom. The molecule has 9 heteroatoms. The highest BCUT2D eigenvalue weighted by Crippen LogP contribution is 2.26. The van der Waals surface area contributed by atoms with Gasteiger partial charge in [-0.1, -0.05) is 12.1 Å². The number of hydrogen-bond donors (Lipinski definition) is 1. The van der Waals surface area contributed by atoms with Gasteiger partial charge in [0, 0.05) is 17.7 Å². The zero-order chi connectivity index (χ0) is 23.3. The quantitative estimate of drug-likeness (QED) is 0.554. The first kappa shape index (κ1) is 23.2. The minimum atomic E-state index is -3.71. The summed E-state index contributed by atoms with van der Waals surface area (Å²) in [4.78, 5) is 12.6. The molecule has 0 saturated carbocycles. The summed E-state index contributed by atoms with van der Waals surface area (Å²) in [5.74, 6) is -0.835. The largest absolute Gasteiger partial charge is 0.496 e. The molecule has 168 valence electrons. The summed E-state index contributed by atoms with van der Waals surface area (Å²) in [6.07, 6.45) is 1.04. The van der Waals surface area contributed by atoms with Gasteiger partial charge in [0.2, 0.25) is 10.0 Å². The van der Waals surface area contributed by atoms with Gasteiger partial charge in [0.15, 0.2) is 0 Å². The predicted molar refractivity (Wildman–Crippen MR) is 118 cm³/mol. The first-order valence-corrected chi connectivity index (χ1v) is 11.4. The summed E-state index contributed by atoms with van der Waals surface area (Å²) in [6.45, 7) is 0.0816. The molecule has 0 unspecified atom stereocenters. The molecule has 0 saturated heterocycles. The van der Waals surface area contributed by atoms with Gasteiger partial charge in [0.1, 0.15) is 17.4 Å². The number of benzene rings is 3. The van der Waals surface area contributed by atoms with E-state index in [1.807, 2.05) is 0 Å². The second-order valence-electron chi connectivity index (χ2n) is 7.08. The lowest BCUT2D eigenvalue weighted by atomic mass is 10.1. The van der Waals surface area contributed by atoms with Gasteiger partial charge in [-0.25, -0.2) is 17.2 Å². The molecule has 0 aromatic heterocycles. The van der Waals surface area contributed by atoms with Gasteiger partial charge in [-0.3, -0.25) is 9.10 Å². The molecule has 0 bridgehead atoms. The van der Waals surface area contributed by atoms with Crippen LogP contribution < -0.4 is 14.4 Å². The highest BCUT2D eigenvalue weighted by Gasteiger charge is 2.21. The van der Waals surface area contributed by atoms with Crippen molar-refractivity contribution in [1.82, 2.24) is 5.32 Å². The molecule has 1 amide bonds. The fraction of sp³-hybridized carbons (Fsp3) is 0.174. The van der Waals surface area contributed by atoms with Crippen molar-refractivity contribution < 1.29 is 26.7 Å². The molecule has 3 rings (SSSR count). The number of ether oxygens (including phenoxy) is 1. The van der Waals surface area contributed by atoms with E-state index >= 15 is 0 Å². The van der Waals surface area contributed by atoms with Crippen molar-refractivity contribution >= 4 is 21.6 Å². The van der Waals surface area contributed by atoms with Crippen LogP contribution in [0.5, 0.6) is 5.75 Å². The predicted octanol–water partition coefficient (Wildman–Crippen LogP) is 3.87. The lowest BCUT2D eigenvalue weighted by Gasteiger charge is -2.24. The molecule has 0 spiro atoms. The van der Waals surface area contributed by atoms with E-state index in [0.29, 0.717) is 16.9 Å². The smallest absolute Gasteiger partial charge is 0.251 e.